The van der Waals surface area contributed by atoms with Gasteiger partial charge < -0.3 is 14.7 Å². The Labute approximate surface area is 149 Å². The SMILES string of the molecule is Cl.O=CN1CCN(C(=O)Cc2ccccn2)[C@H](CN2CCCC2)C1. The van der Waals surface area contributed by atoms with Crippen molar-refractivity contribution >= 4 is 24.7 Å². The van der Waals surface area contributed by atoms with Gasteiger partial charge in [-0.3, -0.25) is 14.6 Å². The van der Waals surface area contributed by atoms with E-state index in [9.17, 15) is 9.59 Å². The molecule has 0 radical (unpaired) electrons. The average molecular weight is 353 g/mol. The number of aromatic nitrogens is 1. The molecule has 24 heavy (non-hydrogen) atoms. The monoisotopic (exact) mass is 352 g/mol. The number of halogens is 1. The van der Waals surface area contributed by atoms with Gasteiger partial charge in [0.25, 0.3) is 0 Å². The quantitative estimate of drug-likeness (QED) is 0.736. The summed E-state index contributed by atoms with van der Waals surface area (Å²) < 4.78 is 0. The van der Waals surface area contributed by atoms with Crippen LogP contribution in [-0.2, 0) is 16.0 Å². The molecule has 7 heteroatoms. The molecule has 2 aliphatic heterocycles. The van der Waals surface area contributed by atoms with Gasteiger partial charge in [0, 0.05) is 38.1 Å². The first kappa shape index (κ1) is 18.7. The summed E-state index contributed by atoms with van der Waals surface area (Å²) in [5.74, 6) is 0.110. The molecule has 1 atom stereocenters. The van der Waals surface area contributed by atoms with Crippen molar-refractivity contribution in [2.45, 2.75) is 25.3 Å². The van der Waals surface area contributed by atoms with Gasteiger partial charge in [-0.25, -0.2) is 0 Å². The predicted octanol–water partition coefficient (Wildman–Crippen LogP) is 0.811. The van der Waals surface area contributed by atoms with Crippen LogP contribution in [0.4, 0.5) is 0 Å². The largest absolute Gasteiger partial charge is 0.341 e. The molecule has 0 aromatic carbocycles. The summed E-state index contributed by atoms with van der Waals surface area (Å²) in [5.41, 5.74) is 0.801. The summed E-state index contributed by atoms with van der Waals surface area (Å²) in [5, 5.41) is 0. The van der Waals surface area contributed by atoms with E-state index in [4.69, 9.17) is 0 Å². The van der Waals surface area contributed by atoms with E-state index >= 15 is 0 Å². The van der Waals surface area contributed by atoms with E-state index in [2.05, 4.69) is 9.88 Å². The molecule has 0 saturated carbocycles. The Morgan fingerprint density at radius 3 is 2.67 bits per heavy atom. The van der Waals surface area contributed by atoms with E-state index in [-0.39, 0.29) is 24.4 Å². The second-order valence-electron chi connectivity index (χ2n) is 6.35. The van der Waals surface area contributed by atoms with Gasteiger partial charge in [-0.05, 0) is 38.1 Å². The van der Waals surface area contributed by atoms with E-state index in [1.54, 1.807) is 11.1 Å². The molecule has 2 aliphatic rings. The third kappa shape index (κ3) is 4.68. The third-order valence-corrected chi connectivity index (χ3v) is 4.71. The predicted molar refractivity (Wildman–Crippen MR) is 94.0 cm³/mol. The number of nitrogens with zero attached hydrogens (tertiary/aromatic N) is 4. The van der Waals surface area contributed by atoms with Gasteiger partial charge in [0.2, 0.25) is 12.3 Å². The van der Waals surface area contributed by atoms with E-state index in [1.165, 1.54) is 12.8 Å². The minimum Gasteiger partial charge on any atom is -0.341 e. The van der Waals surface area contributed by atoms with Gasteiger partial charge in [-0.2, -0.15) is 0 Å². The van der Waals surface area contributed by atoms with Gasteiger partial charge in [-0.15, -0.1) is 12.4 Å². The number of likely N-dealkylation sites (tertiary alicyclic amines) is 1. The molecule has 2 amide bonds. The smallest absolute Gasteiger partial charge is 0.229 e. The second-order valence-corrected chi connectivity index (χ2v) is 6.35. The van der Waals surface area contributed by atoms with Crippen LogP contribution in [0.25, 0.3) is 0 Å². The van der Waals surface area contributed by atoms with Crippen molar-refractivity contribution in [3.63, 3.8) is 0 Å². The maximum atomic E-state index is 12.7. The Kier molecular flexibility index (Phi) is 6.99. The van der Waals surface area contributed by atoms with E-state index in [0.29, 0.717) is 26.1 Å². The fourth-order valence-electron chi connectivity index (χ4n) is 3.48. The highest BCUT2D eigenvalue weighted by Crippen LogP contribution is 2.15. The zero-order valence-electron chi connectivity index (χ0n) is 13.8. The number of hydrogen-bond donors (Lipinski definition) is 0. The average Bonchev–Trinajstić information content (AvgIpc) is 3.08. The van der Waals surface area contributed by atoms with Crippen molar-refractivity contribution < 1.29 is 9.59 Å². The van der Waals surface area contributed by atoms with Crippen molar-refractivity contribution in [2.24, 2.45) is 0 Å². The molecule has 2 fully saturated rings. The zero-order valence-corrected chi connectivity index (χ0v) is 14.7. The van der Waals surface area contributed by atoms with Crippen molar-refractivity contribution in [1.29, 1.82) is 0 Å². The summed E-state index contributed by atoms with van der Waals surface area (Å²) >= 11 is 0. The van der Waals surface area contributed by atoms with Crippen LogP contribution in [-0.4, -0.2) is 77.3 Å². The summed E-state index contributed by atoms with van der Waals surface area (Å²) in [6, 6.07) is 5.73. The van der Waals surface area contributed by atoms with Gasteiger partial charge in [0.05, 0.1) is 12.5 Å². The lowest BCUT2D eigenvalue weighted by Gasteiger charge is -2.41. The number of rotatable bonds is 5. The molecule has 2 saturated heterocycles. The summed E-state index contributed by atoms with van der Waals surface area (Å²) in [6.45, 7) is 4.92. The molecule has 1 aromatic heterocycles. The highest BCUT2D eigenvalue weighted by molar-refractivity contribution is 5.85. The Balaban J connectivity index is 0.00000208. The summed E-state index contributed by atoms with van der Waals surface area (Å²) in [4.78, 5) is 34.2. The maximum Gasteiger partial charge on any atom is 0.229 e. The van der Waals surface area contributed by atoms with Crippen molar-refractivity contribution in [2.75, 3.05) is 39.3 Å². The van der Waals surface area contributed by atoms with E-state index in [1.807, 2.05) is 23.1 Å². The number of pyridine rings is 1. The fourth-order valence-corrected chi connectivity index (χ4v) is 3.48. The molecule has 0 bridgehead atoms. The van der Waals surface area contributed by atoms with E-state index < -0.39 is 0 Å². The van der Waals surface area contributed by atoms with Crippen molar-refractivity contribution in [1.82, 2.24) is 19.7 Å². The molecule has 0 unspecified atom stereocenters. The van der Waals surface area contributed by atoms with Crippen molar-refractivity contribution in [3.05, 3.63) is 30.1 Å². The van der Waals surface area contributed by atoms with Crippen LogP contribution in [0.3, 0.4) is 0 Å². The first-order valence-corrected chi connectivity index (χ1v) is 8.37. The lowest BCUT2D eigenvalue weighted by Crippen LogP contribution is -2.58. The molecule has 0 N–H and O–H groups in total. The number of carbonyl (C=O) groups excluding carboxylic acids is 2. The molecule has 0 spiro atoms. The minimum atomic E-state index is 0. The van der Waals surface area contributed by atoms with Crippen LogP contribution in [0.2, 0.25) is 0 Å². The van der Waals surface area contributed by atoms with E-state index in [0.717, 1.165) is 31.7 Å². The first-order chi connectivity index (χ1) is 11.3. The third-order valence-electron chi connectivity index (χ3n) is 4.71. The molecule has 6 nitrogen and oxygen atoms in total. The molecular weight excluding hydrogens is 328 g/mol. The molecule has 3 heterocycles. The first-order valence-electron chi connectivity index (χ1n) is 8.37. The lowest BCUT2D eigenvalue weighted by molar-refractivity contribution is -0.138. The molecule has 0 aliphatic carbocycles. The van der Waals surface area contributed by atoms with Gasteiger partial charge in [-0.1, -0.05) is 6.07 Å². The molecule has 1 aromatic rings. The normalized spacial score (nSPS) is 21.4. The van der Waals surface area contributed by atoms with Crippen LogP contribution >= 0.6 is 12.4 Å². The van der Waals surface area contributed by atoms with Crippen molar-refractivity contribution in [3.8, 4) is 0 Å². The number of hydrogen-bond acceptors (Lipinski definition) is 4. The molecule has 132 valence electrons. The Hall–Kier alpha value is -1.66. The van der Waals surface area contributed by atoms with Crippen LogP contribution in [0.5, 0.6) is 0 Å². The Morgan fingerprint density at radius 1 is 1.21 bits per heavy atom. The number of carbonyl (C=O) groups is 2. The highest BCUT2D eigenvalue weighted by Gasteiger charge is 2.31. The number of amides is 2. The standard InChI is InChI=1S/C17H24N4O2.ClH/c22-14-20-9-10-21(16(13-20)12-19-7-3-4-8-19)17(23)11-15-5-1-2-6-18-15;/h1-2,5-6,14,16H,3-4,7-13H2;1H/t16-;/m1./s1. The van der Waals surface area contributed by atoms with Crippen LogP contribution in [0.15, 0.2) is 24.4 Å². The summed E-state index contributed by atoms with van der Waals surface area (Å²) in [6.07, 6.45) is 5.41. The van der Waals surface area contributed by atoms with Gasteiger partial charge in [0.15, 0.2) is 0 Å². The topological polar surface area (TPSA) is 56.8 Å². The lowest BCUT2D eigenvalue weighted by atomic mass is 10.1. The zero-order chi connectivity index (χ0) is 16.1. The number of piperazine rings is 1. The highest BCUT2D eigenvalue weighted by atomic mass is 35.5. The Morgan fingerprint density at radius 2 is 2.00 bits per heavy atom. The Bertz CT molecular complexity index is 537. The molecule has 3 rings (SSSR count). The molecular formula is C17H25ClN4O2. The fraction of sp³-hybridized carbons (Fsp3) is 0.588. The van der Waals surface area contributed by atoms with Crippen LogP contribution in [0, 0.1) is 0 Å². The second kappa shape index (κ2) is 8.99. The van der Waals surface area contributed by atoms with Gasteiger partial charge in [0.1, 0.15) is 0 Å². The van der Waals surface area contributed by atoms with Crippen LogP contribution < -0.4 is 0 Å². The summed E-state index contributed by atoms with van der Waals surface area (Å²) in [7, 11) is 0. The van der Waals surface area contributed by atoms with Crippen LogP contribution in [0.1, 0.15) is 18.5 Å². The minimum absolute atomic E-state index is 0. The van der Waals surface area contributed by atoms with Gasteiger partial charge >= 0.3 is 0 Å². The maximum absolute atomic E-state index is 12.7.